The number of benzene rings is 2. The van der Waals surface area contributed by atoms with E-state index in [1.165, 1.54) is 23.9 Å². The molecular formula is C26H28F3N3O4S. The summed E-state index contributed by atoms with van der Waals surface area (Å²) in [5, 5.41) is 5.32. The quantitative estimate of drug-likeness (QED) is 0.158. The number of hydrogen-bond acceptors (Lipinski definition) is 5. The molecular weight excluding hydrogens is 507 g/mol. The predicted molar refractivity (Wildman–Crippen MR) is 137 cm³/mol. The maximum Gasteiger partial charge on any atom is 0.573 e. The Morgan fingerprint density at radius 3 is 2.46 bits per heavy atom. The number of carbonyl (C=O) groups is 2. The third kappa shape index (κ3) is 7.82. The van der Waals surface area contributed by atoms with Crippen molar-refractivity contribution in [3.8, 4) is 5.75 Å². The highest BCUT2D eigenvalue weighted by Crippen LogP contribution is 2.37. The first-order valence-electron chi connectivity index (χ1n) is 11.6. The number of ether oxygens (including phenoxy) is 1. The monoisotopic (exact) mass is 535 g/mol. The van der Waals surface area contributed by atoms with Crippen LogP contribution in [-0.4, -0.2) is 40.5 Å². The standard InChI is InChI=1S/C26H28F3N3O4S/c1-4-5-6-13-32(24(34)30-19-8-10-21(11-9-19)36-26(27,28)29)20-14-17-7-12-22(16-18(17)15-20)37-25(2,3)23(33)31-35/h4,7-12,16,20H,1,5-6,13-15H2,2-3H3,(H,30,34). The third-order valence-electron chi connectivity index (χ3n) is 5.91. The van der Waals surface area contributed by atoms with Crippen LogP contribution >= 0.6 is 11.8 Å². The topological polar surface area (TPSA) is 88.1 Å². The number of nitrogens with one attached hydrogen (secondary N) is 1. The molecule has 0 aromatic heterocycles. The number of carbonyl (C=O) groups excluding carboxylic acids is 2. The van der Waals surface area contributed by atoms with Crippen molar-refractivity contribution in [2.75, 3.05) is 11.9 Å². The molecule has 1 aliphatic rings. The summed E-state index contributed by atoms with van der Waals surface area (Å²) in [6, 6.07) is 10.3. The zero-order valence-corrected chi connectivity index (χ0v) is 21.3. The minimum atomic E-state index is -4.79. The highest BCUT2D eigenvalue weighted by atomic mass is 32.2. The van der Waals surface area contributed by atoms with Crippen molar-refractivity contribution in [2.45, 2.75) is 61.6 Å². The predicted octanol–water partition coefficient (Wildman–Crippen LogP) is 6.72. The van der Waals surface area contributed by atoms with Gasteiger partial charge in [-0.25, -0.2) is 4.79 Å². The van der Waals surface area contributed by atoms with Crippen molar-refractivity contribution in [1.82, 2.24) is 4.90 Å². The number of alkyl halides is 3. The Labute approximate surface area is 217 Å². The average molecular weight is 536 g/mol. The smallest absolute Gasteiger partial charge is 0.406 e. The molecule has 0 radical (unpaired) electrons. The summed E-state index contributed by atoms with van der Waals surface area (Å²) in [4.78, 5) is 38.3. The van der Waals surface area contributed by atoms with Crippen molar-refractivity contribution in [3.05, 3.63) is 71.2 Å². The molecule has 7 nitrogen and oxygen atoms in total. The first-order valence-corrected chi connectivity index (χ1v) is 12.5. The molecule has 0 heterocycles. The number of rotatable bonds is 10. The van der Waals surface area contributed by atoms with Crippen molar-refractivity contribution >= 4 is 29.4 Å². The van der Waals surface area contributed by atoms with E-state index in [0.29, 0.717) is 31.5 Å². The van der Waals surface area contributed by atoms with Gasteiger partial charge in [-0.3, -0.25) is 4.79 Å². The number of allylic oxidation sites excluding steroid dienone is 1. The van der Waals surface area contributed by atoms with E-state index in [9.17, 15) is 27.7 Å². The molecule has 0 bridgehead atoms. The minimum Gasteiger partial charge on any atom is -0.406 e. The highest BCUT2D eigenvalue weighted by Gasteiger charge is 2.33. The van der Waals surface area contributed by atoms with Crippen LogP contribution in [0.1, 0.15) is 37.8 Å². The largest absolute Gasteiger partial charge is 0.573 e. The van der Waals surface area contributed by atoms with Gasteiger partial charge in [0.15, 0.2) is 0 Å². The van der Waals surface area contributed by atoms with Gasteiger partial charge in [-0.1, -0.05) is 12.1 Å². The molecule has 1 atom stereocenters. The number of unbranched alkanes of at least 4 members (excludes halogenated alkanes) is 1. The van der Waals surface area contributed by atoms with E-state index in [2.05, 4.69) is 21.8 Å². The van der Waals surface area contributed by atoms with E-state index in [4.69, 9.17) is 0 Å². The number of halogens is 3. The van der Waals surface area contributed by atoms with E-state index in [0.717, 1.165) is 34.6 Å². The van der Waals surface area contributed by atoms with Crippen LogP contribution in [0.5, 0.6) is 5.75 Å². The Kier molecular flexibility index (Phi) is 9.01. The third-order valence-corrected chi connectivity index (χ3v) is 7.08. The second-order valence-electron chi connectivity index (χ2n) is 9.13. The SMILES string of the molecule is C=CCCCN(C(=O)Nc1ccc(OC(F)(F)F)cc1)C1Cc2ccc(SC(C)(C)C(=O)N=O)cc2C1. The molecule has 37 heavy (non-hydrogen) atoms. The number of hydrogen-bond donors (Lipinski definition) is 1. The summed E-state index contributed by atoms with van der Waals surface area (Å²) in [6.45, 7) is 7.49. The number of thioether (sulfide) groups is 1. The van der Waals surface area contributed by atoms with Gasteiger partial charge in [0.1, 0.15) is 5.75 Å². The van der Waals surface area contributed by atoms with Crippen molar-refractivity contribution in [2.24, 2.45) is 5.18 Å². The van der Waals surface area contributed by atoms with Gasteiger partial charge in [-0.15, -0.1) is 36.4 Å². The van der Waals surface area contributed by atoms with E-state index in [-0.39, 0.29) is 17.8 Å². The van der Waals surface area contributed by atoms with Crippen LogP contribution < -0.4 is 10.1 Å². The van der Waals surface area contributed by atoms with Gasteiger partial charge in [0.2, 0.25) is 0 Å². The molecule has 1 aliphatic carbocycles. The van der Waals surface area contributed by atoms with Crippen LogP contribution in [0.25, 0.3) is 0 Å². The zero-order chi connectivity index (χ0) is 27.2. The number of nitroso groups, excluding NO2 is 1. The Balaban J connectivity index is 1.72. The molecule has 3 amide bonds. The lowest BCUT2D eigenvalue weighted by Gasteiger charge is -2.29. The second kappa shape index (κ2) is 11.8. The lowest BCUT2D eigenvalue weighted by molar-refractivity contribution is -0.274. The number of anilines is 1. The minimum absolute atomic E-state index is 0.126. The summed E-state index contributed by atoms with van der Waals surface area (Å²) in [7, 11) is 0. The van der Waals surface area contributed by atoms with E-state index in [1.807, 2.05) is 18.2 Å². The molecule has 0 aliphatic heterocycles. The number of nitrogens with zero attached hydrogens (tertiary/aromatic N) is 2. The fourth-order valence-electron chi connectivity index (χ4n) is 4.09. The Morgan fingerprint density at radius 1 is 1.16 bits per heavy atom. The van der Waals surface area contributed by atoms with Crippen LogP contribution in [-0.2, 0) is 17.6 Å². The first kappa shape index (κ1) is 28.2. The lowest BCUT2D eigenvalue weighted by Crippen LogP contribution is -2.44. The van der Waals surface area contributed by atoms with E-state index < -0.39 is 17.0 Å². The number of urea groups is 1. The summed E-state index contributed by atoms with van der Waals surface area (Å²) in [5.41, 5.74) is 2.48. The molecule has 1 N–H and O–H groups in total. The molecule has 2 aromatic rings. The highest BCUT2D eigenvalue weighted by molar-refractivity contribution is 8.01. The molecule has 0 saturated carbocycles. The van der Waals surface area contributed by atoms with Crippen molar-refractivity contribution < 1.29 is 27.5 Å². The molecule has 11 heteroatoms. The van der Waals surface area contributed by atoms with Gasteiger partial charge in [-0.2, -0.15) is 0 Å². The average Bonchev–Trinajstić information content (AvgIpc) is 3.24. The maximum absolute atomic E-state index is 13.2. The van der Waals surface area contributed by atoms with Crippen LogP contribution in [0, 0.1) is 4.91 Å². The van der Waals surface area contributed by atoms with Gasteiger partial charge in [-0.05, 0) is 87.1 Å². The molecule has 0 fully saturated rings. The Bertz CT molecular complexity index is 1150. The van der Waals surface area contributed by atoms with Gasteiger partial charge < -0.3 is 15.0 Å². The summed E-state index contributed by atoms with van der Waals surface area (Å²) < 4.78 is 40.1. The summed E-state index contributed by atoms with van der Waals surface area (Å²) in [5.74, 6) is -1.11. The molecule has 2 aromatic carbocycles. The zero-order valence-electron chi connectivity index (χ0n) is 20.5. The Morgan fingerprint density at radius 2 is 1.84 bits per heavy atom. The van der Waals surface area contributed by atoms with Crippen molar-refractivity contribution in [1.29, 1.82) is 0 Å². The maximum atomic E-state index is 13.2. The van der Waals surface area contributed by atoms with Crippen LogP contribution in [0.3, 0.4) is 0 Å². The van der Waals surface area contributed by atoms with Gasteiger partial charge in [0, 0.05) is 28.3 Å². The Hall–Kier alpha value is -3.34. The molecule has 1 unspecified atom stereocenters. The fourth-order valence-corrected chi connectivity index (χ4v) is 5.15. The fraction of sp³-hybridized carbons (Fsp3) is 0.385. The first-order chi connectivity index (χ1) is 17.4. The van der Waals surface area contributed by atoms with Gasteiger partial charge in [0.25, 0.3) is 0 Å². The lowest BCUT2D eigenvalue weighted by atomic mass is 10.1. The van der Waals surface area contributed by atoms with E-state index >= 15 is 0 Å². The molecule has 0 spiro atoms. The number of amides is 3. The van der Waals surface area contributed by atoms with E-state index in [1.54, 1.807) is 24.8 Å². The van der Waals surface area contributed by atoms with Crippen molar-refractivity contribution in [3.63, 3.8) is 0 Å². The molecule has 198 valence electrons. The number of fused-ring (bicyclic) bond motifs is 1. The van der Waals surface area contributed by atoms with Crippen LogP contribution in [0.2, 0.25) is 0 Å². The van der Waals surface area contributed by atoms with Crippen LogP contribution in [0.15, 0.2) is 65.2 Å². The van der Waals surface area contributed by atoms with Gasteiger partial charge in [0.05, 0.1) is 4.75 Å². The summed E-state index contributed by atoms with van der Waals surface area (Å²) in [6.07, 6.45) is -0.346. The molecule has 3 rings (SSSR count). The normalized spacial score (nSPS) is 15.0. The molecule has 0 saturated heterocycles. The second-order valence-corrected chi connectivity index (χ2v) is 10.8. The summed E-state index contributed by atoms with van der Waals surface area (Å²) >= 11 is 1.26. The van der Waals surface area contributed by atoms with Crippen LogP contribution in [0.4, 0.5) is 23.7 Å². The van der Waals surface area contributed by atoms with Gasteiger partial charge >= 0.3 is 18.3 Å².